The summed E-state index contributed by atoms with van der Waals surface area (Å²) >= 11 is 34.5. The normalized spacial score (nSPS) is 13.6. The van der Waals surface area contributed by atoms with Crippen molar-refractivity contribution in [2.24, 2.45) is 0 Å². The first-order valence-corrected chi connectivity index (χ1v) is 42.8. The highest BCUT2D eigenvalue weighted by Crippen LogP contribution is 2.41. The SMILES string of the molecule is CN(C)C(=S)Cl.CN1CCC(=O)CC1.COc1ccc(Br)c(O)c1.COc1ccc(Br)c(OC(=S)N(C)C)c1.COc1ccc(Br)c(SC(=O)N(C)C)c1.COc1ccc(Br)c(SC)c1.COc1ccc(C2(O)CCN(C)CC2)c(SC)c1.COc1ccc(C2CCN(C)CC2)c(SC)c1.COc1cccc(O)c1. The van der Waals surface area contributed by atoms with Gasteiger partial charge >= 0.3 is 0 Å². The summed E-state index contributed by atoms with van der Waals surface area (Å²) in [5.41, 5.74) is 1.87. The van der Waals surface area contributed by atoms with E-state index >= 15 is 0 Å². The molecule has 3 saturated heterocycles. The van der Waals surface area contributed by atoms with Crippen LogP contribution < -0.4 is 37.9 Å². The minimum atomic E-state index is -0.683. The lowest BCUT2D eigenvalue weighted by molar-refractivity contribution is -0.121. The molecular weight excluding hydrogens is 1790 g/mol. The van der Waals surface area contributed by atoms with Gasteiger partial charge in [0.1, 0.15) is 63.3 Å². The van der Waals surface area contributed by atoms with Crippen molar-refractivity contribution in [1.82, 2.24) is 29.4 Å². The first kappa shape index (κ1) is 100.0. The highest BCUT2D eigenvalue weighted by Gasteiger charge is 2.35. The number of aromatic hydroxyl groups is 2. The number of rotatable bonds is 14. The van der Waals surface area contributed by atoms with E-state index in [1.807, 2.05) is 112 Å². The monoisotopic (exact) mass is 1890 g/mol. The van der Waals surface area contributed by atoms with E-state index in [2.05, 4.69) is 129 Å². The maximum atomic E-state index is 11.5. The second-order valence-corrected chi connectivity index (χ2v) is 33.0. The average Bonchev–Trinajstić information content (AvgIpc) is 0.778. The van der Waals surface area contributed by atoms with Crippen molar-refractivity contribution < 1.29 is 62.8 Å². The summed E-state index contributed by atoms with van der Waals surface area (Å²) in [6, 6.07) is 41.1. The lowest BCUT2D eigenvalue weighted by atomic mass is 9.84. The smallest absolute Gasteiger partial charge is 0.285 e. The quantitative estimate of drug-likeness (QED) is 0.0403. The van der Waals surface area contributed by atoms with Gasteiger partial charge in [0.25, 0.3) is 10.4 Å². The molecule has 3 aliphatic rings. The standard InChI is InChI=1S/C14H21NO2S.C14H21NOS.2C10H12BrNO2S.C8H9BrOS.C7H7BrO2.C7H8O2.C6H11NO.C3H6ClNS/c1-15-8-6-14(16,7-9-15)12-5-4-11(17-2)10-13(12)18-3;1-15-8-6-11(7-9-15)13-5-4-12(16-2)10-14(13)17-3;1-12(2)10(13)15-9-6-7(14-3)4-5-8(9)11;1-12(2)10(15)14-9-6-7(13-3)4-5-8(9)11;1-10-6-3-4-7(9)8(5-6)11-2;1-10-5-2-3-6(8)7(9)4-5;1-9-7-4-2-3-6(8)5-7;1-7-4-2-6(8)3-5-7;1-5(2)3(4)6/h4-5,10,16H,6-9H2,1-3H3;4-5,10-11H,6-9H2,1-3H3;2*4-6H,1-3H3;3-5H,1-2H3;2-4,9H,1H3;2-5,8H,1H3;2-5H2,1H3;1-2H3. The van der Waals surface area contributed by atoms with Gasteiger partial charge in [-0.05, 0) is 293 Å². The molecule has 602 valence electrons. The Labute approximate surface area is 713 Å². The molecule has 3 N–H and O–H groups in total. The van der Waals surface area contributed by atoms with Gasteiger partial charge in [0, 0.05) is 128 Å². The summed E-state index contributed by atoms with van der Waals surface area (Å²) < 4.78 is 44.9. The van der Waals surface area contributed by atoms with Crippen LogP contribution in [0.5, 0.6) is 57.5 Å². The lowest BCUT2D eigenvalue weighted by Crippen LogP contribution is -2.41. The van der Waals surface area contributed by atoms with E-state index in [0.29, 0.717) is 37.1 Å². The summed E-state index contributed by atoms with van der Waals surface area (Å²) in [7, 11) is 28.5. The zero-order valence-electron chi connectivity index (χ0n) is 65.7. The Morgan fingerprint density at radius 2 is 0.890 bits per heavy atom. The van der Waals surface area contributed by atoms with E-state index in [4.69, 9.17) is 71.9 Å². The van der Waals surface area contributed by atoms with Gasteiger partial charge in [0.05, 0.1) is 64.3 Å². The number of aliphatic hydroxyl groups is 1. The number of carbonyl (C=O) groups is 2. The van der Waals surface area contributed by atoms with E-state index < -0.39 is 5.60 Å². The van der Waals surface area contributed by atoms with Crippen LogP contribution in [0.2, 0.25) is 0 Å². The average molecular weight is 1900 g/mol. The van der Waals surface area contributed by atoms with Crippen molar-refractivity contribution in [3.8, 4) is 57.5 Å². The van der Waals surface area contributed by atoms with Crippen LogP contribution >= 0.6 is 147 Å². The number of methoxy groups -OCH3 is 7. The van der Waals surface area contributed by atoms with Crippen LogP contribution in [0.15, 0.2) is 171 Å². The molecule has 3 aliphatic heterocycles. The van der Waals surface area contributed by atoms with Gasteiger partial charge in [0.15, 0.2) is 4.45 Å². The third kappa shape index (κ3) is 38.5. The third-order valence-electron chi connectivity index (χ3n) is 16.2. The second kappa shape index (κ2) is 54.6. The van der Waals surface area contributed by atoms with E-state index in [0.717, 1.165) is 115 Å². The number of amides is 1. The van der Waals surface area contributed by atoms with Crippen LogP contribution in [0, 0.1) is 0 Å². The number of ketones is 1. The molecular formula is C79H107Br4ClN6O13S6. The summed E-state index contributed by atoms with van der Waals surface area (Å²) in [5.74, 6) is 7.73. The molecule has 30 heteroatoms. The highest BCUT2D eigenvalue weighted by atomic mass is 79.9. The van der Waals surface area contributed by atoms with Crippen LogP contribution in [0.25, 0.3) is 0 Å². The zero-order valence-corrected chi connectivity index (χ0v) is 77.7. The van der Waals surface area contributed by atoms with E-state index in [1.54, 1.807) is 160 Å². The van der Waals surface area contributed by atoms with E-state index in [1.165, 1.54) is 57.9 Å². The van der Waals surface area contributed by atoms with Crippen LogP contribution in [0.4, 0.5) is 4.79 Å². The molecule has 0 unspecified atom stereocenters. The van der Waals surface area contributed by atoms with Gasteiger partial charge in [0.2, 0.25) is 0 Å². The number of Topliss-reactive ketones (excluding diaryl/α,β-unsaturated/α-hetero) is 1. The number of thiocarbonyl (C=S) groups is 2. The van der Waals surface area contributed by atoms with Crippen molar-refractivity contribution in [1.29, 1.82) is 0 Å². The van der Waals surface area contributed by atoms with Crippen molar-refractivity contribution in [3.05, 3.63) is 162 Å². The minimum Gasteiger partial charge on any atom is -0.508 e. The Morgan fingerprint density at radius 1 is 0.495 bits per heavy atom. The summed E-state index contributed by atoms with van der Waals surface area (Å²) in [6.45, 7) is 6.22. The number of ether oxygens (including phenoxy) is 8. The zero-order chi connectivity index (χ0) is 81.9. The van der Waals surface area contributed by atoms with Gasteiger partial charge in [-0.25, -0.2) is 0 Å². The largest absolute Gasteiger partial charge is 0.508 e. The number of hydrogen-bond acceptors (Lipinski definition) is 22. The maximum absolute atomic E-state index is 11.5. The number of nitrogens with zero attached hydrogens (tertiary/aromatic N) is 6. The van der Waals surface area contributed by atoms with Crippen LogP contribution in [0.1, 0.15) is 55.6 Å². The molecule has 0 atom stereocenters. The van der Waals surface area contributed by atoms with Crippen LogP contribution in [-0.4, -0.2) is 237 Å². The predicted octanol–water partition coefficient (Wildman–Crippen LogP) is 19.6. The second-order valence-electron chi connectivity index (χ2n) is 24.7. The van der Waals surface area contributed by atoms with Gasteiger partial charge < -0.3 is 82.6 Å². The number of piperidine rings is 3. The first-order valence-electron chi connectivity index (χ1n) is 34.0. The van der Waals surface area contributed by atoms with E-state index in [-0.39, 0.29) is 16.7 Å². The molecule has 7 aromatic carbocycles. The molecule has 19 nitrogen and oxygen atoms in total. The van der Waals surface area contributed by atoms with Crippen LogP contribution in [-0.2, 0) is 10.4 Å². The van der Waals surface area contributed by atoms with Gasteiger partial charge in [-0.3, -0.25) is 9.59 Å². The maximum Gasteiger partial charge on any atom is 0.285 e. The number of phenolic OH excluding ortho intramolecular Hbond substituents is 2. The minimum absolute atomic E-state index is 0.0102. The molecule has 10 rings (SSSR count). The summed E-state index contributed by atoms with van der Waals surface area (Å²) in [4.78, 5) is 38.4. The fourth-order valence-corrected chi connectivity index (χ4v) is 14.0. The third-order valence-corrected chi connectivity index (χ3v) is 24.0. The Balaban J connectivity index is 0.000000423. The fraction of sp³-hybridized carbons (Fsp3) is 0.418. The van der Waals surface area contributed by atoms with Crippen LogP contribution in [0.3, 0.4) is 0 Å². The summed E-state index contributed by atoms with van der Waals surface area (Å²) in [5, 5.41) is 29.2. The lowest BCUT2D eigenvalue weighted by Gasteiger charge is -2.37. The number of carbonyl (C=O) groups excluding carboxylic acids is 2. The number of hydrogen-bond donors (Lipinski definition) is 3. The van der Waals surface area contributed by atoms with Gasteiger partial charge in [-0.2, -0.15) is 0 Å². The fourth-order valence-electron chi connectivity index (χ4n) is 9.53. The Bertz CT molecular complexity index is 3800. The molecule has 0 radical (unpaired) electrons. The first-order chi connectivity index (χ1) is 51.7. The molecule has 1 amide bonds. The number of halogens is 5. The molecule has 3 fully saturated rings. The Hall–Kier alpha value is -5.09. The van der Waals surface area contributed by atoms with Crippen molar-refractivity contribution >= 4 is 167 Å². The number of phenols is 2. The molecule has 0 aliphatic carbocycles. The summed E-state index contributed by atoms with van der Waals surface area (Å²) in [6.07, 6.45) is 11.9. The highest BCUT2D eigenvalue weighted by molar-refractivity contribution is 9.11. The Morgan fingerprint density at radius 3 is 1.32 bits per heavy atom. The van der Waals surface area contributed by atoms with E-state index in [9.17, 15) is 14.7 Å². The molecule has 3 heterocycles. The molecule has 0 bridgehead atoms. The number of thioether (sulfide) groups is 4. The van der Waals surface area contributed by atoms with Crippen molar-refractivity contribution in [3.63, 3.8) is 0 Å². The number of likely N-dealkylation sites (tertiary alicyclic amines) is 3. The van der Waals surface area contributed by atoms with Crippen molar-refractivity contribution in [2.75, 3.05) is 171 Å². The van der Waals surface area contributed by atoms with Gasteiger partial charge in [-0.15, -0.1) is 35.3 Å². The molecule has 109 heavy (non-hydrogen) atoms. The predicted molar refractivity (Wildman–Crippen MR) is 476 cm³/mol. The topological polar surface area (TPSA) is 188 Å². The molecule has 0 spiro atoms. The van der Waals surface area contributed by atoms with Gasteiger partial charge in [-0.1, -0.05) is 29.8 Å². The van der Waals surface area contributed by atoms with Crippen molar-refractivity contribution in [2.45, 2.75) is 69.6 Å². The Kier molecular flexibility index (Phi) is 50.1. The molecule has 7 aromatic rings. The molecule has 0 saturated carbocycles. The molecule has 0 aromatic heterocycles. The number of benzene rings is 7.